The maximum Gasteiger partial charge on any atom is 0.256 e. The minimum Gasteiger partial charge on any atom is -0.339 e. The molecule has 4 heteroatoms. The number of terminal acetylenes is 1. The Hall–Kier alpha value is -1.34. The predicted molar refractivity (Wildman–Crippen MR) is 59.9 cm³/mol. The molecule has 0 aliphatic rings. The lowest BCUT2D eigenvalue weighted by molar-refractivity contribution is 0.0943. The molecule has 0 fully saturated rings. The lowest BCUT2D eigenvalue weighted by atomic mass is 10.2. The number of hydrogen-bond donors (Lipinski definition) is 1. The number of benzene rings is 1. The first-order chi connectivity index (χ1) is 7.06. The number of halogens is 2. The van der Waals surface area contributed by atoms with E-state index in [-0.39, 0.29) is 5.56 Å². The van der Waals surface area contributed by atoms with E-state index in [0.29, 0.717) is 4.47 Å². The standard InChI is InChI=1S/C11H9BrFNO/c1-3-7(2)14-11(15)10-8(12)5-4-6-9(10)13/h1,4-7H,2H3,(H,14,15). The zero-order valence-corrected chi connectivity index (χ0v) is 9.64. The minimum absolute atomic E-state index is 0.0281. The molecule has 0 saturated carbocycles. The first-order valence-electron chi connectivity index (χ1n) is 4.27. The summed E-state index contributed by atoms with van der Waals surface area (Å²) in [6, 6.07) is 3.91. The summed E-state index contributed by atoms with van der Waals surface area (Å²) in [4.78, 5) is 11.6. The third-order valence-electron chi connectivity index (χ3n) is 1.79. The molecule has 0 aliphatic heterocycles. The van der Waals surface area contributed by atoms with Crippen molar-refractivity contribution >= 4 is 21.8 Å². The second kappa shape index (κ2) is 4.94. The van der Waals surface area contributed by atoms with Gasteiger partial charge in [-0.3, -0.25) is 4.79 Å². The van der Waals surface area contributed by atoms with E-state index in [0.717, 1.165) is 0 Å². The minimum atomic E-state index is -0.578. The highest BCUT2D eigenvalue weighted by atomic mass is 79.9. The molecule has 1 rings (SSSR count). The predicted octanol–water partition coefficient (Wildman–Crippen LogP) is 2.34. The summed E-state index contributed by atoms with van der Waals surface area (Å²) in [5.74, 6) is 1.23. The molecule has 0 aliphatic carbocycles. The Bertz CT molecular complexity index is 405. The molecular weight excluding hydrogens is 261 g/mol. The highest BCUT2D eigenvalue weighted by Crippen LogP contribution is 2.19. The Morgan fingerprint density at radius 3 is 2.87 bits per heavy atom. The molecule has 1 unspecified atom stereocenters. The number of carbonyl (C=O) groups is 1. The quantitative estimate of drug-likeness (QED) is 0.821. The van der Waals surface area contributed by atoms with Crippen LogP contribution in [-0.4, -0.2) is 11.9 Å². The van der Waals surface area contributed by atoms with E-state index in [2.05, 4.69) is 27.2 Å². The fourth-order valence-electron chi connectivity index (χ4n) is 1.03. The molecule has 1 N–H and O–H groups in total. The van der Waals surface area contributed by atoms with E-state index in [1.807, 2.05) is 0 Å². The summed E-state index contributed by atoms with van der Waals surface area (Å²) in [6.07, 6.45) is 5.10. The molecule has 1 amide bonds. The first-order valence-corrected chi connectivity index (χ1v) is 5.06. The highest BCUT2D eigenvalue weighted by Gasteiger charge is 2.16. The monoisotopic (exact) mass is 269 g/mol. The Balaban J connectivity index is 2.97. The van der Waals surface area contributed by atoms with Gasteiger partial charge in [0.05, 0.1) is 11.6 Å². The Kier molecular flexibility index (Phi) is 3.87. The number of nitrogens with one attached hydrogen (secondary N) is 1. The van der Waals surface area contributed by atoms with Crippen LogP contribution in [0.4, 0.5) is 4.39 Å². The van der Waals surface area contributed by atoms with Crippen molar-refractivity contribution in [1.29, 1.82) is 0 Å². The van der Waals surface area contributed by atoms with Crippen LogP contribution in [0.2, 0.25) is 0 Å². The SMILES string of the molecule is C#CC(C)NC(=O)c1c(F)cccc1Br. The van der Waals surface area contributed by atoms with Gasteiger partial charge < -0.3 is 5.32 Å². The smallest absolute Gasteiger partial charge is 0.256 e. The van der Waals surface area contributed by atoms with E-state index in [1.54, 1.807) is 13.0 Å². The van der Waals surface area contributed by atoms with Crippen molar-refractivity contribution < 1.29 is 9.18 Å². The van der Waals surface area contributed by atoms with Gasteiger partial charge in [-0.15, -0.1) is 6.42 Å². The molecule has 1 aromatic carbocycles. The van der Waals surface area contributed by atoms with Gasteiger partial charge in [-0.05, 0) is 35.0 Å². The molecule has 78 valence electrons. The molecule has 0 saturated heterocycles. The van der Waals surface area contributed by atoms with E-state index in [9.17, 15) is 9.18 Å². The van der Waals surface area contributed by atoms with Crippen LogP contribution in [0.3, 0.4) is 0 Å². The van der Waals surface area contributed by atoms with Crippen LogP contribution in [0, 0.1) is 18.2 Å². The molecular formula is C11H9BrFNO. The normalized spacial score (nSPS) is 11.6. The number of carbonyl (C=O) groups excluding carboxylic acids is 1. The van der Waals surface area contributed by atoms with Crippen LogP contribution in [0.25, 0.3) is 0 Å². The molecule has 2 nitrogen and oxygen atoms in total. The Morgan fingerprint density at radius 1 is 1.67 bits per heavy atom. The van der Waals surface area contributed by atoms with E-state index in [1.165, 1.54) is 12.1 Å². The molecule has 1 aromatic rings. The lowest BCUT2D eigenvalue weighted by Crippen LogP contribution is -2.32. The Labute approximate surface area is 96.0 Å². The van der Waals surface area contributed by atoms with Gasteiger partial charge in [-0.25, -0.2) is 4.39 Å². The van der Waals surface area contributed by atoms with Crippen LogP contribution in [-0.2, 0) is 0 Å². The molecule has 0 aromatic heterocycles. The van der Waals surface area contributed by atoms with Gasteiger partial charge in [0.1, 0.15) is 5.82 Å². The fraction of sp³-hybridized carbons (Fsp3) is 0.182. The van der Waals surface area contributed by atoms with Crippen molar-refractivity contribution in [2.75, 3.05) is 0 Å². The van der Waals surface area contributed by atoms with Crippen molar-refractivity contribution in [2.24, 2.45) is 0 Å². The van der Waals surface area contributed by atoms with Gasteiger partial charge in [0.15, 0.2) is 0 Å². The van der Waals surface area contributed by atoms with Crippen LogP contribution in [0.15, 0.2) is 22.7 Å². The van der Waals surface area contributed by atoms with E-state index in [4.69, 9.17) is 6.42 Å². The van der Waals surface area contributed by atoms with Crippen LogP contribution in [0.5, 0.6) is 0 Å². The van der Waals surface area contributed by atoms with Crippen molar-refractivity contribution in [1.82, 2.24) is 5.32 Å². The van der Waals surface area contributed by atoms with Crippen molar-refractivity contribution in [3.8, 4) is 12.3 Å². The average Bonchev–Trinajstić information content (AvgIpc) is 2.17. The second-order valence-electron chi connectivity index (χ2n) is 2.96. The van der Waals surface area contributed by atoms with Gasteiger partial charge in [0.25, 0.3) is 5.91 Å². The van der Waals surface area contributed by atoms with E-state index >= 15 is 0 Å². The maximum atomic E-state index is 13.3. The van der Waals surface area contributed by atoms with Crippen molar-refractivity contribution in [3.05, 3.63) is 34.1 Å². The molecule has 0 spiro atoms. The summed E-state index contributed by atoms with van der Waals surface area (Å²) < 4.78 is 13.7. The molecule has 0 bridgehead atoms. The van der Waals surface area contributed by atoms with Gasteiger partial charge >= 0.3 is 0 Å². The van der Waals surface area contributed by atoms with Crippen molar-refractivity contribution in [3.63, 3.8) is 0 Å². The summed E-state index contributed by atoms with van der Waals surface area (Å²) in [5.41, 5.74) is -0.0281. The van der Waals surface area contributed by atoms with Crippen LogP contribution >= 0.6 is 15.9 Å². The summed E-state index contributed by atoms with van der Waals surface area (Å²) in [6.45, 7) is 1.65. The number of hydrogen-bond acceptors (Lipinski definition) is 1. The summed E-state index contributed by atoms with van der Waals surface area (Å²) >= 11 is 3.11. The maximum absolute atomic E-state index is 13.3. The van der Waals surface area contributed by atoms with Crippen LogP contribution in [0.1, 0.15) is 17.3 Å². The van der Waals surface area contributed by atoms with Crippen molar-refractivity contribution in [2.45, 2.75) is 13.0 Å². The number of amides is 1. The molecule has 0 heterocycles. The molecule has 0 radical (unpaired) electrons. The summed E-state index contributed by atoms with van der Waals surface area (Å²) in [5, 5.41) is 2.48. The highest BCUT2D eigenvalue weighted by molar-refractivity contribution is 9.10. The van der Waals surface area contributed by atoms with Gasteiger partial charge in [0.2, 0.25) is 0 Å². The lowest BCUT2D eigenvalue weighted by Gasteiger charge is -2.09. The van der Waals surface area contributed by atoms with Gasteiger partial charge in [-0.2, -0.15) is 0 Å². The topological polar surface area (TPSA) is 29.1 Å². The van der Waals surface area contributed by atoms with Gasteiger partial charge in [0, 0.05) is 4.47 Å². The van der Waals surface area contributed by atoms with E-state index < -0.39 is 17.8 Å². The third-order valence-corrected chi connectivity index (χ3v) is 2.45. The molecule has 1 atom stereocenters. The third kappa shape index (κ3) is 2.80. The molecule has 15 heavy (non-hydrogen) atoms. The average molecular weight is 270 g/mol. The largest absolute Gasteiger partial charge is 0.339 e. The second-order valence-corrected chi connectivity index (χ2v) is 3.81. The first kappa shape index (κ1) is 11.7. The van der Waals surface area contributed by atoms with Gasteiger partial charge in [-0.1, -0.05) is 12.0 Å². The van der Waals surface area contributed by atoms with Crippen LogP contribution < -0.4 is 5.32 Å². The summed E-state index contributed by atoms with van der Waals surface area (Å²) in [7, 11) is 0. The fourth-order valence-corrected chi connectivity index (χ4v) is 1.55. The zero-order valence-electron chi connectivity index (χ0n) is 8.05. The zero-order chi connectivity index (χ0) is 11.4. The Morgan fingerprint density at radius 2 is 2.33 bits per heavy atom. The number of rotatable bonds is 2.